The molecule has 17 heavy (non-hydrogen) atoms. The monoisotopic (exact) mass is 254 g/mol. The zero-order valence-corrected chi connectivity index (χ0v) is 11.5. The minimum absolute atomic E-state index is 0.803. The van der Waals surface area contributed by atoms with Crippen LogP contribution in [-0.2, 0) is 6.42 Å². The first-order chi connectivity index (χ1) is 8.33. The van der Waals surface area contributed by atoms with Gasteiger partial charge >= 0.3 is 0 Å². The van der Waals surface area contributed by atoms with Crippen molar-refractivity contribution in [2.75, 3.05) is 26.0 Å². The smallest absolute Gasteiger partial charge is 0.0270 e. The van der Waals surface area contributed by atoms with Crippen LogP contribution in [0.15, 0.2) is 24.5 Å². The van der Waals surface area contributed by atoms with Gasteiger partial charge in [0, 0.05) is 24.8 Å². The molecule has 96 valence electrons. The van der Waals surface area contributed by atoms with Crippen LogP contribution in [0.1, 0.15) is 31.2 Å². The number of aromatic nitrogens is 1. The fourth-order valence-corrected chi connectivity index (χ4v) is 2.00. The lowest BCUT2D eigenvalue weighted by Gasteiger charge is -2.16. The van der Waals surface area contributed by atoms with Crippen LogP contribution in [0.4, 0.5) is 0 Å². The minimum atomic E-state index is 0.803. The maximum absolute atomic E-state index is 5.65. The molecular formula is C14H23ClN2. The normalized spacial score (nSPS) is 11.0. The average molecular weight is 255 g/mol. The molecule has 0 aromatic carbocycles. The summed E-state index contributed by atoms with van der Waals surface area (Å²) >= 11 is 5.65. The van der Waals surface area contributed by atoms with Gasteiger partial charge in [0.25, 0.3) is 0 Å². The largest absolute Gasteiger partial charge is 0.306 e. The third-order valence-electron chi connectivity index (χ3n) is 2.96. The van der Waals surface area contributed by atoms with Gasteiger partial charge in [-0.1, -0.05) is 12.8 Å². The van der Waals surface area contributed by atoms with E-state index in [1.807, 2.05) is 12.4 Å². The Morgan fingerprint density at radius 3 is 2.47 bits per heavy atom. The van der Waals surface area contributed by atoms with Crippen molar-refractivity contribution in [2.45, 2.75) is 32.1 Å². The molecule has 0 saturated heterocycles. The first-order valence-electron chi connectivity index (χ1n) is 6.46. The van der Waals surface area contributed by atoms with Crippen LogP contribution in [0.5, 0.6) is 0 Å². The summed E-state index contributed by atoms with van der Waals surface area (Å²) in [6, 6.07) is 4.18. The number of unbranched alkanes of at least 4 members (excludes halogenated alkanes) is 3. The van der Waals surface area contributed by atoms with E-state index in [0.29, 0.717) is 0 Å². The fraction of sp³-hybridized carbons (Fsp3) is 0.643. The minimum Gasteiger partial charge on any atom is -0.306 e. The van der Waals surface area contributed by atoms with Crippen molar-refractivity contribution >= 4 is 11.6 Å². The number of hydrogen-bond acceptors (Lipinski definition) is 2. The molecule has 0 saturated carbocycles. The number of hydrogen-bond donors (Lipinski definition) is 0. The van der Waals surface area contributed by atoms with Gasteiger partial charge in [0.05, 0.1) is 0 Å². The predicted molar refractivity (Wildman–Crippen MR) is 74.6 cm³/mol. The molecule has 1 aromatic rings. The van der Waals surface area contributed by atoms with Crippen molar-refractivity contribution in [3.05, 3.63) is 30.1 Å². The first-order valence-corrected chi connectivity index (χ1v) is 7.00. The van der Waals surface area contributed by atoms with Crippen LogP contribution in [0.25, 0.3) is 0 Å². The van der Waals surface area contributed by atoms with Crippen molar-refractivity contribution in [1.29, 1.82) is 0 Å². The second kappa shape index (κ2) is 9.43. The molecule has 0 atom stereocenters. The van der Waals surface area contributed by atoms with Gasteiger partial charge in [-0.3, -0.25) is 4.98 Å². The van der Waals surface area contributed by atoms with Gasteiger partial charge < -0.3 is 4.90 Å². The maximum Gasteiger partial charge on any atom is 0.0270 e. The molecule has 0 aliphatic carbocycles. The van der Waals surface area contributed by atoms with Crippen LogP contribution < -0.4 is 0 Å². The van der Waals surface area contributed by atoms with E-state index in [-0.39, 0.29) is 0 Å². The standard InChI is InChI=1S/C14H23ClN2/c1-17(12-5-3-2-4-9-15)13-8-14-6-10-16-11-7-14/h6-7,10-11H,2-5,8-9,12-13H2,1H3. The summed E-state index contributed by atoms with van der Waals surface area (Å²) in [5.41, 5.74) is 1.37. The van der Waals surface area contributed by atoms with Crippen molar-refractivity contribution in [1.82, 2.24) is 9.88 Å². The number of pyridine rings is 1. The molecule has 0 N–H and O–H groups in total. The molecular weight excluding hydrogens is 232 g/mol. The second-order valence-corrected chi connectivity index (χ2v) is 4.89. The topological polar surface area (TPSA) is 16.1 Å². The van der Waals surface area contributed by atoms with E-state index in [9.17, 15) is 0 Å². The zero-order chi connectivity index (χ0) is 12.3. The lowest BCUT2D eigenvalue weighted by Crippen LogP contribution is -2.22. The van der Waals surface area contributed by atoms with E-state index >= 15 is 0 Å². The maximum atomic E-state index is 5.65. The number of likely N-dealkylation sites (N-methyl/N-ethyl adjacent to an activating group) is 1. The van der Waals surface area contributed by atoms with Crippen molar-refractivity contribution < 1.29 is 0 Å². The van der Waals surface area contributed by atoms with Crippen LogP contribution in [0.3, 0.4) is 0 Å². The van der Waals surface area contributed by atoms with E-state index in [0.717, 1.165) is 25.3 Å². The average Bonchev–Trinajstić information content (AvgIpc) is 2.37. The molecule has 0 aliphatic rings. The highest BCUT2D eigenvalue weighted by molar-refractivity contribution is 6.17. The van der Waals surface area contributed by atoms with Crippen molar-refractivity contribution in [2.24, 2.45) is 0 Å². The van der Waals surface area contributed by atoms with Crippen LogP contribution >= 0.6 is 11.6 Å². The molecule has 0 aliphatic heterocycles. The molecule has 2 nitrogen and oxygen atoms in total. The Labute approximate surface area is 110 Å². The fourth-order valence-electron chi connectivity index (χ4n) is 1.81. The van der Waals surface area contributed by atoms with Crippen LogP contribution in [0.2, 0.25) is 0 Å². The second-order valence-electron chi connectivity index (χ2n) is 4.51. The summed E-state index contributed by atoms with van der Waals surface area (Å²) in [7, 11) is 2.20. The van der Waals surface area contributed by atoms with Crippen LogP contribution in [0, 0.1) is 0 Å². The number of rotatable bonds is 9. The van der Waals surface area contributed by atoms with E-state index in [4.69, 9.17) is 11.6 Å². The highest BCUT2D eigenvalue weighted by Crippen LogP contribution is 2.03. The van der Waals surface area contributed by atoms with Gasteiger partial charge in [0.15, 0.2) is 0 Å². The SMILES string of the molecule is CN(CCCCCCCl)CCc1ccncc1. The zero-order valence-electron chi connectivity index (χ0n) is 10.7. The predicted octanol–water partition coefficient (Wildman–Crippen LogP) is 3.36. The van der Waals surface area contributed by atoms with Crippen molar-refractivity contribution in [3.63, 3.8) is 0 Å². The van der Waals surface area contributed by atoms with Crippen molar-refractivity contribution in [3.8, 4) is 0 Å². The molecule has 0 bridgehead atoms. The van der Waals surface area contributed by atoms with Gasteiger partial charge in [-0.15, -0.1) is 11.6 Å². The Kier molecular flexibility index (Phi) is 8.02. The summed E-state index contributed by atoms with van der Waals surface area (Å²) in [4.78, 5) is 6.43. The van der Waals surface area contributed by atoms with Gasteiger partial charge in [-0.05, 0) is 50.6 Å². The molecule has 0 spiro atoms. The molecule has 1 rings (SSSR count). The van der Waals surface area contributed by atoms with E-state index in [1.54, 1.807) is 0 Å². The van der Waals surface area contributed by atoms with Crippen LogP contribution in [-0.4, -0.2) is 35.9 Å². The van der Waals surface area contributed by atoms with E-state index in [2.05, 4.69) is 29.1 Å². The Bertz CT molecular complexity index is 277. The molecule has 0 amide bonds. The highest BCUT2D eigenvalue weighted by atomic mass is 35.5. The molecule has 0 fully saturated rings. The summed E-state index contributed by atoms with van der Waals surface area (Å²) in [6.07, 6.45) is 9.84. The van der Waals surface area contributed by atoms with E-state index in [1.165, 1.54) is 31.4 Å². The summed E-state index contributed by atoms with van der Waals surface area (Å²) in [5, 5.41) is 0. The van der Waals surface area contributed by atoms with Gasteiger partial charge in [0.1, 0.15) is 0 Å². The molecule has 0 radical (unpaired) electrons. The summed E-state index contributed by atoms with van der Waals surface area (Å²) < 4.78 is 0. The highest BCUT2D eigenvalue weighted by Gasteiger charge is 1.99. The Balaban J connectivity index is 2.03. The lowest BCUT2D eigenvalue weighted by atomic mass is 10.2. The number of nitrogens with zero attached hydrogens (tertiary/aromatic N) is 2. The Morgan fingerprint density at radius 2 is 1.76 bits per heavy atom. The summed E-state index contributed by atoms with van der Waals surface area (Å²) in [5.74, 6) is 0.803. The third kappa shape index (κ3) is 7.35. The van der Waals surface area contributed by atoms with Gasteiger partial charge in [0.2, 0.25) is 0 Å². The molecule has 1 heterocycles. The summed E-state index contributed by atoms with van der Waals surface area (Å²) in [6.45, 7) is 2.31. The molecule has 0 unspecified atom stereocenters. The quantitative estimate of drug-likeness (QED) is 0.496. The van der Waals surface area contributed by atoms with E-state index < -0.39 is 0 Å². The Morgan fingerprint density at radius 1 is 1.06 bits per heavy atom. The number of halogens is 1. The Hall–Kier alpha value is -0.600. The molecule has 1 aromatic heterocycles. The number of alkyl halides is 1. The molecule has 3 heteroatoms. The van der Waals surface area contributed by atoms with Gasteiger partial charge in [-0.2, -0.15) is 0 Å². The first kappa shape index (κ1) is 14.5. The lowest BCUT2D eigenvalue weighted by molar-refractivity contribution is 0.328. The third-order valence-corrected chi connectivity index (χ3v) is 3.22. The van der Waals surface area contributed by atoms with Gasteiger partial charge in [-0.25, -0.2) is 0 Å².